The van der Waals surface area contributed by atoms with Crippen LogP contribution in [0.4, 0.5) is 0 Å². The van der Waals surface area contributed by atoms with Crippen molar-refractivity contribution in [2.24, 2.45) is 0 Å². The van der Waals surface area contributed by atoms with Gasteiger partial charge in [0.2, 0.25) is 0 Å². The first kappa shape index (κ1) is 10.0. The molecular weight excluding hydrogens is 179 g/mol. The smallest absolute Gasteiger partial charge is 0.179 e. The van der Waals surface area contributed by atoms with Crippen molar-refractivity contribution in [1.29, 1.82) is 0 Å². The molecule has 0 aliphatic rings. The van der Waals surface area contributed by atoms with Crippen LogP contribution in [-0.2, 0) is 0 Å². The molecule has 0 spiro atoms. The summed E-state index contributed by atoms with van der Waals surface area (Å²) < 4.78 is 0. The molecule has 2 aromatic rings. The summed E-state index contributed by atoms with van der Waals surface area (Å²) in [5.41, 5.74) is 0.998. The van der Waals surface area contributed by atoms with Gasteiger partial charge in [0.05, 0.1) is 0 Å². The molecule has 0 aliphatic carbocycles. The third-order valence-corrected chi connectivity index (χ3v) is 1.39. The fourth-order valence-electron chi connectivity index (χ4n) is 0.877. The Kier molecular flexibility index (Phi) is 4.03. The summed E-state index contributed by atoms with van der Waals surface area (Å²) in [6.07, 6.45) is 0. The molecule has 4 nitrogen and oxygen atoms in total. The van der Waals surface area contributed by atoms with Gasteiger partial charge in [-0.3, -0.25) is 0 Å². The summed E-state index contributed by atoms with van der Waals surface area (Å²) in [5, 5.41) is 13.4. The van der Waals surface area contributed by atoms with Crippen molar-refractivity contribution in [2.75, 3.05) is 0 Å². The van der Waals surface area contributed by atoms with Gasteiger partial charge in [-0.1, -0.05) is 30.3 Å². The van der Waals surface area contributed by atoms with E-state index in [1.165, 1.54) is 0 Å². The Morgan fingerprint density at radius 2 is 1.83 bits per heavy atom. The van der Waals surface area contributed by atoms with Crippen LogP contribution in [0.15, 0.2) is 30.3 Å². The second-order valence-corrected chi connectivity index (χ2v) is 2.12. The van der Waals surface area contributed by atoms with Crippen molar-refractivity contribution in [3.63, 3.8) is 0 Å². The standard InChI is InChI=1S/C7H6N4.K.H/c1-2-4-6(5-3-1)7-8-10-11-9-7;;/h1-5H,(H,8,9,10,11);;. The van der Waals surface area contributed by atoms with Gasteiger partial charge in [-0.2, -0.15) is 0 Å². The van der Waals surface area contributed by atoms with E-state index in [0.29, 0.717) is 5.82 Å². The average molecular weight is 186 g/mol. The number of H-pyrrole nitrogens is 1. The Morgan fingerprint density at radius 3 is 2.42 bits per heavy atom. The van der Waals surface area contributed by atoms with Crippen LogP contribution in [0.2, 0.25) is 0 Å². The number of tetrazole rings is 1. The second kappa shape index (κ2) is 4.83. The van der Waals surface area contributed by atoms with Crippen LogP contribution >= 0.6 is 0 Å². The first-order valence-electron chi connectivity index (χ1n) is 3.26. The van der Waals surface area contributed by atoms with Crippen LogP contribution < -0.4 is 0 Å². The molecule has 12 heavy (non-hydrogen) atoms. The van der Waals surface area contributed by atoms with Gasteiger partial charge in [-0.15, -0.1) is 5.10 Å². The molecule has 0 atom stereocenters. The molecule has 5 heteroatoms. The largest absolute Gasteiger partial charge is 0.239 e. The van der Waals surface area contributed by atoms with Gasteiger partial charge in [0.1, 0.15) is 0 Å². The molecule has 56 valence electrons. The number of hydrogen-bond donors (Lipinski definition) is 1. The summed E-state index contributed by atoms with van der Waals surface area (Å²) >= 11 is 0. The van der Waals surface area contributed by atoms with Crippen molar-refractivity contribution in [2.45, 2.75) is 0 Å². The van der Waals surface area contributed by atoms with Gasteiger partial charge in [-0.25, -0.2) is 5.10 Å². The zero-order chi connectivity index (χ0) is 7.52. The van der Waals surface area contributed by atoms with Gasteiger partial charge < -0.3 is 0 Å². The van der Waals surface area contributed by atoms with E-state index < -0.39 is 0 Å². The minimum Gasteiger partial charge on any atom is -0.239 e. The topological polar surface area (TPSA) is 54.5 Å². The first-order chi connectivity index (χ1) is 5.47. The molecule has 0 bridgehead atoms. The van der Waals surface area contributed by atoms with Crippen molar-refractivity contribution in [1.82, 2.24) is 20.6 Å². The second-order valence-electron chi connectivity index (χ2n) is 2.12. The molecule has 0 aliphatic heterocycles. The third-order valence-electron chi connectivity index (χ3n) is 1.39. The van der Waals surface area contributed by atoms with Gasteiger partial charge in [-0.05, 0) is 10.4 Å². The summed E-state index contributed by atoms with van der Waals surface area (Å²) in [6.45, 7) is 0. The molecule has 0 saturated carbocycles. The summed E-state index contributed by atoms with van der Waals surface area (Å²) in [4.78, 5) is 0. The van der Waals surface area contributed by atoms with E-state index in [4.69, 9.17) is 0 Å². The molecule has 0 saturated heterocycles. The maximum absolute atomic E-state index is 3.77. The number of nitrogens with zero attached hydrogens (tertiary/aromatic N) is 3. The average Bonchev–Trinajstić information content (AvgIpc) is 2.58. The van der Waals surface area contributed by atoms with Crippen molar-refractivity contribution < 1.29 is 0 Å². The van der Waals surface area contributed by atoms with Gasteiger partial charge in [0, 0.05) is 5.56 Å². The molecule has 1 aromatic heterocycles. The molecule has 1 N–H and O–H groups in total. The third kappa shape index (κ3) is 2.21. The Labute approximate surface area is 112 Å². The molecular formula is C7H7KN4. The van der Waals surface area contributed by atoms with Crippen LogP contribution in [0.3, 0.4) is 0 Å². The fraction of sp³-hybridized carbons (Fsp3) is 0. The first-order valence-corrected chi connectivity index (χ1v) is 3.26. The Morgan fingerprint density at radius 1 is 1.08 bits per heavy atom. The van der Waals surface area contributed by atoms with E-state index in [9.17, 15) is 0 Å². The number of rotatable bonds is 1. The Bertz CT molecular complexity index is 318. The van der Waals surface area contributed by atoms with Crippen molar-refractivity contribution >= 4 is 51.4 Å². The van der Waals surface area contributed by atoms with E-state index in [1.54, 1.807) is 0 Å². The Balaban J connectivity index is 0.000000720. The van der Waals surface area contributed by atoms with Gasteiger partial charge in [0.25, 0.3) is 0 Å². The molecule has 2 rings (SSSR count). The van der Waals surface area contributed by atoms with Gasteiger partial charge in [0.15, 0.2) is 5.82 Å². The zero-order valence-electron chi connectivity index (χ0n) is 5.73. The molecule has 0 unspecified atom stereocenters. The summed E-state index contributed by atoms with van der Waals surface area (Å²) in [7, 11) is 0. The molecule has 0 radical (unpaired) electrons. The maximum atomic E-state index is 3.77. The zero-order valence-corrected chi connectivity index (χ0v) is 5.73. The van der Waals surface area contributed by atoms with Crippen LogP contribution in [0.25, 0.3) is 11.4 Å². The normalized spacial score (nSPS) is 9.00. The molecule has 1 heterocycles. The van der Waals surface area contributed by atoms with Crippen LogP contribution in [-0.4, -0.2) is 72.0 Å². The van der Waals surface area contributed by atoms with E-state index in [2.05, 4.69) is 20.6 Å². The molecule has 0 fully saturated rings. The number of nitrogens with one attached hydrogen (secondary N) is 1. The monoisotopic (exact) mass is 186 g/mol. The van der Waals surface area contributed by atoms with Crippen LogP contribution in [0.5, 0.6) is 0 Å². The van der Waals surface area contributed by atoms with E-state index in [1.807, 2.05) is 30.3 Å². The van der Waals surface area contributed by atoms with Crippen molar-refractivity contribution in [3.05, 3.63) is 30.3 Å². The predicted octanol–water partition coefficient (Wildman–Crippen LogP) is 0.218. The van der Waals surface area contributed by atoms with E-state index in [0.717, 1.165) is 5.56 Å². The minimum atomic E-state index is 0. The van der Waals surface area contributed by atoms with Crippen LogP contribution in [0, 0.1) is 0 Å². The number of aromatic nitrogens is 4. The number of hydrogen-bond acceptors (Lipinski definition) is 3. The maximum Gasteiger partial charge on any atom is 0.179 e. The van der Waals surface area contributed by atoms with E-state index in [-0.39, 0.29) is 51.4 Å². The van der Waals surface area contributed by atoms with Crippen molar-refractivity contribution in [3.8, 4) is 11.4 Å². The SMILES string of the molecule is [KH].c1ccc(-c2nnn[nH]2)cc1. The summed E-state index contributed by atoms with van der Waals surface area (Å²) in [6, 6.07) is 9.73. The Hall–Kier alpha value is -0.0736. The van der Waals surface area contributed by atoms with Gasteiger partial charge >= 0.3 is 51.4 Å². The molecule has 0 amide bonds. The minimum absolute atomic E-state index is 0. The number of benzene rings is 1. The van der Waals surface area contributed by atoms with E-state index >= 15 is 0 Å². The summed E-state index contributed by atoms with van der Waals surface area (Å²) in [5.74, 6) is 0.700. The number of aromatic amines is 1. The quantitative estimate of drug-likeness (QED) is 0.648. The van der Waals surface area contributed by atoms with Crippen LogP contribution in [0.1, 0.15) is 0 Å². The molecule has 1 aromatic carbocycles. The predicted molar refractivity (Wildman–Crippen MR) is 46.8 cm³/mol. The fourth-order valence-corrected chi connectivity index (χ4v) is 0.877.